The molecule has 15 heavy (non-hydrogen) atoms. The highest BCUT2D eigenvalue weighted by molar-refractivity contribution is 5.59. The van der Waals surface area contributed by atoms with Crippen LogP contribution >= 0.6 is 0 Å². The molecule has 78 valence electrons. The van der Waals surface area contributed by atoms with Gasteiger partial charge in [0.25, 0.3) is 0 Å². The average molecular weight is 206 g/mol. The van der Waals surface area contributed by atoms with Crippen molar-refractivity contribution >= 4 is 0 Å². The van der Waals surface area contributed by atoms with Crippen molar-refractivity contribution in [1.29, 1.82) is 0 Å². The van der Waals surface area contributed by atoms with Gasteiger partial charge in [0.15, 0.2) is 0 Å². The maximum absolute atomic E-state index is 12.0. The number of alkyl halides is 1. The number of benzene rings is 1. The maximum Gasteiger partial charge on any atom is 0.116 e. The zero-order chi connectivity index (χ0) is 10.7. The minimum absolute atomic E-state index is 0.174. The summed E-state index contributed by atoms with van der Waals surface area (Å²) in [5.74, 6) is 0.174. The van der Waals surface area contributed by atoms with E-state index in [0.29, 0.717) is 5.69 Å². The molecular formula is C10H10FN3O. The molecule has 1 aromatic heterocycles. The van der Waals surface area contributed by atoms with Crippen molar-refractivity contribution in [2.24, 2.45) is 0 Å². The Morgan fingerprint density at radius 2 is 2.27 bits per heavy atom. The van der Waals surface area contributed by atoms with Gasteiger partial charge in [-0.25, -0.2) is 9.07 Å². The average Bonchev–Trinajstić information content (AvgIpc) is 2.67. The van der Waals surface area contributed by atoms with E-state index < -0.39 is 6.67 Å². The molecule has 0 unspecified atom stereocenters. The molecule has 0 fully saturated rings. The molecule has 0 amide bonds. The first-order valence-electron chi connectivity index (χ1n) is 4.55. The number of hydrogen-bond acceptors (Lipinski definition) is 3. The summed E-state index contributed by atoms with van der Waals surface area (Å²) in [6.07, 6.45) is 1.65. The van der Waals surface area contributed by atoms with Crippen LogP contribution in [-0.4, -0.2) is 26.8 Å². The van der Waals surface area contributed by atoms with Crippen LogP contribution in [0, 0.1) is 0 Å². The third-order valence-electron chi connectivity index (χ3n) is 1.99. The van der Waals surface area contributed by atoms with Crippen LogP contribution in [0.2, 0.25) is 0 Å². The highest BCUT2D eigenvalue weighted by atomic mass is 18.2. The van der Waals surface area contributed by atoms with E-state index in [0.717, 1.165) is 5.56 Å². The highest BCUT2D eigenvalue weighted by Crippen LogP contribution is 2.20. The van der Waals surface area contributed by atoms with E-state index in [2.05, 4.69) is 10.3 Å². The van der Waals surface area contributed by atoms with Crippen molar-refractivity contribution < 1.29 is 9.50 Å². The Hall–Kier alpha value is -1.91. The topological polar surface area (TPSA) is 50.9 Å². The van der Waals surface area contributed by atoms with Gasteiger partial charge in [0.05, 0.1) is 12.7 Å². The largest absolute Gasteiger partial charge is 0.508 e. The summed E-state index contributed by atoms with van der Waals surface area (Å²) in [5, 5.41) is 16.9. The molecule has 0 saturated carbocycles. The molecule has 2 aromatic rings. The summed E-state index contributed by atoms with van der Waals surface area (Å²) in [6.45, 7) is -0.269. The first kappa shape index (κ1) is 9.64. The number of halogens is 1. The summed E-state index contributed by atoms with van der Waals surface area (Å²) in [5.41, 5.74) is 1.39. The Morgan fingerprint density at radius 1 is 1.40 bits per heavy atom. The lowest BCUT2D eigenvalue weighted by molar-refractivity contribution is 0.422. The predicted octanol–water partition coefficient (Wildman–Crippen LogP) is 1.62. The Bertz CT molecular complexity index is 455. The van der Waals surface area contributed by atoms with Crippen molar-refractivity contribution in [3.63, 3.8) is 0 Å². The van der Waals surface area contributed by atoms with Crippen LogP contribution in [0.5, 0.6) is 5.75 Å². The molecule has 0 radical (unpaired) electrons. The van der Waals surface area contributed by atoms with Gasteiger partial charge in [-0.2, -0.15) is 0 Å². The third kappa shape index (κ3) is 2.12. The summed E-state index contributed by atoms with van der Waals surface area (Å²) in [7, 11) is 0. The molecule has 0 spiro atoms. The van der Waals surface area contributed by atoms with E-state index in [1.165, 1.54) is 4.68 Å². The van der Waals surface area contributed by atoms with Gasteiger partial charge in [0, 0.05) is 5.56 Å². The molecule has 1 N–H and O–H groups in total. The lowest BCUT2D eigenvalue weighted by atomic mass is 10.1. The fraction of sp³-hybridized carbons (Fsp3) is 0.200. The molecule has 0 bridgehead atoms. The fourth-order valence-corrected chi connectivity index (χ4v) is 1.29. The van der Waals surface area contributed by atoms with Crippen LogP contribution in [0.4, 0.5) is 4.39 Å². The number of aryl methyl sites for hydroxylation is 1. The van der Waals surface area contributed by atoms with Crippen molar-refractivity contribution in [1.82, 2.24) is 15.0 Å². The van der Waals surface area contributed by atoms with Gasteiger partial charge in [-0.3, -0.25) is 0 Å². The quantitative estimate of drug-likeness (QED) is 0.830. The standard InChI is InChI=1S/C10H10FN3O/c11-4-5-14-7-10(12-13-14)8-2-1-3-9(15)6-8/h1-3,6-7,15H,4-5H2/i11-1. The number of phenolic OH excluding ortho intramolecular Hbond substituents is 1. The predicted molar refractivity (Wildman–Crippen MR) is 53.1 cm³/mol. The number of hydrogen-bond donors (Lipinski definition) is 1. The molecule has 0 aliphatic rings. The molecule has 4 nitrogen and oxygen atoms in total. The second-order valence-electron chi connectivity index (χ2n) is 3.11. The molecule has 5 heteroatoms. The van der Waals surface area contributed by atoms with Crippen molar-refractivity contribution in [2.75, 3.05) is 6.67 Å². The van der Waals surface area contributed by atoms with Crippen molar-refractivity contribution in [3.05, 3.63) is 30.5 Å². The van der Waals surface area contributed by atoms with Crippen molar-refractivity contribution in [3.8, 4) is 17.0 Å². The molecular weight excluding hydrogens is 196 g/mol. The maximum atomic E-state index is 12.0. The summed E-state index contributed by atoms with van der Waals surface area (Å²) in [6, 6.07) is 6.70. The van der Waals surface area contributed by atoms with E-state index >= 15 is 0 Å². The minimum atomic E-state index is -0.469. The Kier molecular flexibility index (Phi) is 2.62. The second-order valence-corrected chi connectivity index (χ2v) is 3.11. The van der Waals surface area contributed by atoms with Gasteiger partial charge in [0.1, 0.15) is 18.1 Å². The zero-order valence-corrected chi connectivity index (χ0v) is 7.97. The SMILES string of the molecule is Oc1cccc(-c2cn(CC[18F])nn2)c1. The summed E-state index contributed by atoms with van der Waals surface area (Å²) < 4.78 is 13.5. The van der Waals surface area contributed by atoms with Crippen LogP contribution in [0.1, 0.15) is 0 Å². The first-order valence-corrected chi connectivity index (χ1v) is 4.55. The monoisotopic (exact) mass is 206 g/mol. The highest BCUT2D eigenvalue weighted by Gasteiger charge is 2.03. The Morgan fingerprint density at radius 3 is 3.00 bits per heavy atom. The molecule has 0 aliphatic carbocycles. The lowest BCUT2D eigenvalue weighted by Crippen LogP contribution is -1.99. The molecule has 0 atom stereocenters. The number of phenols is 1. The number of aromatic hydroxyl groups is 1. The van der Waals surface area contributed by atoms with Gasteiger partial charge in [-0.05, 0) is 12.1 Å². The Labute approximate surface area is 86.0 Å². The zero-order valence-electron chi connectivity index (χ0n) is 7.97. The van der Waals surface area contributed by atoms with E-state index in [-0.39, 0.29) is 12.3 Å². The second kappa shape index (κ2) is 4.08. The number of rotatable bonds is 3. The summed E-state index contributed by atoms with van der Waals surface area (Å²) in [4.78, 5) is 0. The van der Waals surface area contributed by atoms with Crippen LogP contribution in [0.3, 0.4) is 0 Å². The fourth-order valence-electron chi connectivity index (χ4n) is 1.29. The third-order valence-corrected chi connectivity index (χ3v) is 1.99. The number of aromatic nitrogens is 3. The van der Waals surface area contributed by atoms with E-state index in [4.69, 9.17) is 0 Å². The van der Waals surface area contributed by atoms with Gasteiger partial charge >= 0.3 is 0 Å². The van der Waals surface area contributed by atoms with Gasteiger partial charge < -0.3 is 5.11 Å². The lowest BCUT2D eigenvalue weighted by Gasteiger charge is -1.95. The molecule has 0 aliphatic heterocycles. The van der Waals surface area contributed by atoms with Crippen LogP contribution in [0.25, 0.3) is 11.3 Å². The minimum Gasteiger partial charge on any atom is -0.508 e. The summed E-state index contributed by atoms with van der Waals surface area (Å²) >= 11 is 0. The number of nitrogens with zero attached hydrogens (tertiary/aromatic N) is 3. The molecule has 1 heterocycles. The van der Waals surface area contributed by atoms with Gasteiger partial charge in [-0.1, -0.05) is 17.3 Å². The van der Waals surface area contributed by atoms with E-state index in [9.17, 15) is 9.50 Å². The normalized spacial score (nSPS) is 10.5. The molecule has 2 rings (SSSR count). The van der Waals surface area contributed by atoms with E-state index in [1.807, 2.05) is 6.07 Å². The Balaban J connectivity index is 2.29. The molecule has 1 aromatic carbocycles. The van der Waals surface area contributed by atoms with Gasteiger partial charge in [-0.15, -0.1) is 5.10 Å². The first-order chi connectivity index (χ1) is 7.29. The van der Waals surface area contributed by atoms with Crippen LogP contribution in [0.15, 0.2) is 30.5 Å². The smallest absolute Gasteiger partial charge is 0.116 e. The molecule has 0 saturated heterocycles. The van der Waals surface area contributed by atoms with Crippen LogP contribution in [-0.2, 0) is 6.54 Å². The van der Waals surface area contributed by atoms with E-state index in [1.54, 1.807) is 24.4 Å². The van der Waals surface area contributed by atoms with Gasteiger partial charge in [0.2, 0.25) is 0 Å². The van der Waals surface area contributed by atoms with Crippen molar-refractivity contribution in [2.45, 2.75) is 6.54 Å². The van der Waals surface area contributed by atoms with Crippen LogP contribution < -0.4 is 0 Å².